The highest BCUT2D eigenvalue weighted by Gasteiger charge is 2.21. The average Bonchev–Trinajstić information content (AvgIpc) is 3.01. The molecule has 0 radical (unpaired) electrons. The molecule has 0 aromatic heterocycles. The lowest BCUT2D eigenvalue weighted by Gasteiger charge is -2.08. The van der Waals surface area contributed by atoms with Crippen LogP contribution in [0.1, 0.15) is 28.4 Å². The smallest absolute Gasteiger partial charge is 0.338 e. The minimum atomic E-state index is -0.447. The predicted octanol–water partition coefficient (Wildman–Crippen LogP) is 2.94. The monoisotopic (exact) mass is 367 g/mol. The van der Waals surface area contributed by atoms with Crippen molar-refractivity contribution in [1.82, 2.24) is 0 Å². The van der Waals surface area contributed by atoms with Gasteiger partial charge in [0.2, 0.25) is 5.91 Å². The number of carbonyl (C=O) groups excluding carboxylic acids is 3. The largest absolute Gasteiger partial charge is 0.493 e. The van der Waals surface area contributed by atoms with E-state index in [1.54, 1.807) is 42.5 Å². The summed E-state index contributed by atoms with van der Waals surface area (Å²) < 4.78 is 15.2. The number of hydrogen-bond donors (Lipinski definition) is 1. The number of nitrogens with one attached hydrogen (secondary N) is 1. The summed E-state index contributed by atoms with van der Waals surface area (Å²) in [5, 5.41) is 2.73. The van der Waals surface area contributed by atoms with E-state index in [9.17, 15) is 14.4 Å². The lowest BCUT2D eigenvalue weighted by atomic mass is 10.1. The van der Waals surface area contributed by atoms with E-state index in [2.05, 4.69) is 5.32 Å². The van der Waals surface area contributed by atoms with Crippen molar-refractivity contribution in [3.05, 3.63) is 59.2 Å². The van der Waals surface area contributed by atoms with E-state index in [0.29, 0.717) is 28.3 Å². The first-order chi connectivity index (χ1) is 13.0. The molecule has 1 aliphatic heterocycles. The fourth-order valence-corrected chi connectivity index (χ4v) is 2.59. The number of benzene rings is 2. The lowest BCUT2D eigenvalue weighted by Crippen LogP contribution is -2.08. The van der Waals surface area contributed by atoms with Crippen LogP contribution in [0, 0.1) is 0 Å². The van der Waals surface area contributed by atoms with E-state index in [-0.39, 0.29) is 18.5 Å². The number of ether oxygens (including phenoxy) is 3. The van der Waals surface area contributed by atoms with Gasteiger partial charge in [0, 0.05) is 24.3 Å². The van der Waals surface area contributed by atoms with E-state index in [1.807, 2.05) is 0 Å². The number of cyclic esters (lactones) is 1. The highest BCUT2D eigenvalue weighted by atomic mass is 16.6. The highest BCUT2D eigenvalue weighted by Crippen LogP contribution is 2.28. The summed E-state index contributed by atoms with van der Waals surface area (Å²) in [6.45, 7) is 1.51. The Morgan fingerprint density at radius 3 is 2.70 bits per heavy atom. The third kappa shape index (κ3) is 4.33. The Labute approximate surface area is 155 Å². The molecule has 1 aliphatic rings. The van der Waals surface area contributed by atoms with Crippen LogP contribution in [-0.4, -0.2) is 25.0 Å². The van der Waals surface area contributed by atoms with Crippen LogP contribution in [0.15, 0.2) is 42.5 Å². The van der Waals surface area contributed by atoms with Gasteiger partial charge in [0.15, 0.2) is 11.5 Å². The van der Waals surface area contributed by atoms with Crippen LogP contribution >= 0.6 is 0 Å². The quantitative estimate of drug-likeness (QED) is 0.496. The summed E-state index contributed by atoms with van der Waals surface area (Å²) in [5.41, 5.74) is 2.53. The van der Waals surface area contributed by atoms with E-state index >= 15 is 0 Å². The van der Waals surface area contributed by atoms with Gasteiger partial charge in [-0.05, 0) is 42.0 Å². The molecule has 7 nitrogen and oxygen atoms in total. The Morgan fingerprint density at radius 2 is 1.96 bits per heavy atom. The van der Waals surface area contributed by atoms with Crippen LogP contribution in [0.2, 0.25) is 0 Å². The van der Waals surface area contributed by atoms with E-state index in [4.69, 9.17) is 14.2 Å². The van der Waals surface area contributed by atoms with Crippen molar-refractivity contribution in [2.24, 2.45) is 0 Å². The Bertz CT molecular complexity index is 947. The Kier molecular flexibility index (Phi) is 5.21. The average molecular weight is 367 g/mol. The van der Waals surface area contributed by atoms with Gasteiger partial charge in [-0.3, -0.25) is 9.59 Å². The number of amides is 1. The number of rotatable bonds is 5. The van der Waals surface area contributed by atoms with Gasteiger partial charge in [-0.25, -0.2) is 4.79 Å². The zero-order valence-electron chi connectivity index (χ0n) is 14.8. The maximum atomic E-state index is 12.1. The molecule has 138 valence electrons. The lowest BCUT2D eigenvalue weighted by molar-refractivity contribution is -0.132. The normalized spacial score (nSPS) is 12.4. The zero-order chi connectivity index (χ0) is 19.4. The summed E-state index contributed by atoms with van der Waals surface area (Å²) in [4.78, 5) is 34.6. The maximum absolute atomic E-state index is 12.1. The van der Waals surface area contributed by atoms with Gasteiger partial charge < -0.3 is 19.5 Å². The Hall–Kier alpha value is -3.61. The van der Waals surface area contributed by atoms with E-state index in [1.165, 1.54) is 20.1 Å². The molecule has 0 atom stereocenters. The molecule has 0 saturated carbocycles. The number of esters is 2. The van der Waals surface area contributed by atoms with E-state index in [0.717, 1.165) is 5.56 Å². The molecule has 0 unspecified atom stereocenters. The Morgan fingerprint density at radius 1 is 1.15 bits per heavy atom. The fraction of sp³-hybridized carbons (Fsp3) is 0.150. The minimum absolute atomic E-state index is 0.211. The molecule has 0 bridgehead atoms. The second kappa shape index (κ2) is 7.74. The number of hydrogen-bond acceptors (Lipinski definition) is 6. The van der Waals surface area contributed by atoms with Gasteiger partial charge in [0.1, 0.15) is 6.61 Å². The number of methoxy groups -OCH3 is 1. The summed E-state index contributed by atoms with van der Waals surface area (Å²) >= 11 is 0. The number of carbonyl (C=O) groups is 3. The topological polar surface area (TPSA) is 90.9 Å². The molecule has 0 aliphatic carbocycles. The van der Waals surface area contributed by atoms with Crippen molar-refractivity contribution in [1.29, 1.82) is 0 Å². The Balaban J connectivity index is 1.68. The standard InChI is InChI=1S/C20H17NO6/c1-12(22)27-17-7-3-13(9-18(17)25-2)4-8-19(23)21-15-5-6-16-14(10-15)11-26-20(16)24/h3-10H,11H2,1-2H3,(H,21,23)/b8-4+. The molecule has 1 amide bonds. The third-order valence-corrected chi connectivity index (χ3v) is 3.82. The molecular weight excluding hydrogens is 350 g/mol. The van der Waals surface area contributed by atoms with Gasteiger partial charge in [-0.2, -0.15) is 0 Å². The summed E-state index contributed by atoms with van der Waals surface area (Å²) in [6.07, 6.45) is 2.98. The minimum Gasteiger partial charge on any atom is -0.493 e. The number of anilines is 1. The van der Waals surface area contributed by atoms with Crippen molar-refractivity contribution in [2.75, 3.05) is 12.4 Å². The van der Waals surface area contributed by atoms with Crippen LogP contribution in [0.3, 0.4) is 0 Å². The van der Waals surface area contributed by atoms with Gasteiger partial charge in [-0.15, -0.1) is 0 Å². The first-order valence-corrected chi connectivity index (χ1v) is 8.12. The fourth-order valence-electron chi connectivity index (χ4n) is 2.59. The number of fused-ring (bicyclic) bond motifs is 1. The van der Waals surface area contributed by atoms with Crippen LogP contribution in [0.4, 0.5) is 5.69 Å². The second-order valence-corrected chi connectivity index (χ2v) is 5.77. The first-order valence-electron chi connectivity index (χ1n) is 8.12. The SMILES string of the molecule is COc1cc(/C=C/C(=O)Nc2ccc3c(c2)COC3=O)ccc1OC(C)=O. The van der Waals surface area contributed by atoms with Crippen molar-refractivity contribution >= 4 is 29.6 Å². The van der Waals surface area contributed by atoms with Crippen molar-refractivity contribution in [2.45, 2.75) is 13.5 Å². The molecule has 3 rings (SSSR count). The van der Waals surface area contributed by atoms with Crippen LogP contribution in [0.5, 0.6) is 11.5 Å². The molecule has 7 heteroatoms. The van der Waals surface area contributed by atoms with Crippen LogP contribution in [0.25, 0.3) is 6.08 Å². The van der Waals surface area contributed by atoms with Crippen molar-refractivity contribution < 1.29 is 28.6 Å². The molecule has 1 heterocycles. The van der Waals surface area contributed by atoms with Gasteiger partial charge in [0.05, 0.1) is 12.7 Å². The zero-order valence-corrected chi connectivity index (χ0v) is 14.8. The van der Waals surface area contributed by atoms with Crippen molar-refractivity contribution in [3.8, 4) is 11.5 Å². The van der Waals surface area contributed by atoms with Gasteiger partial charge >= 0.3 is 11.9 Å². The summed E-state index contributed by atoms with van der Waals surface area (Å²) in [7, 11) is 1.46. The molecule has 0 spiro atoms. The van der Waals surface area contributed by atoms with Gasteiger partial charge in [0.25, 0.3) is 0 Å². The molecule has 1 N–H and O–H groups in total. The molecular formula is C20H17NO6. The van der Waals surface area contributed by atoms with Gasteiger partial charge in [-0.1, -0.05) is 6.07 Å². The van der Waals surface area contributed by atoms with Crippen LogP contribution < -0.4 is 14.8 Å². The van der Waals surface area contributed by atoms with Crippen molar-refractivity contribution in [3.63, 3.8) is 0 Å². The predicted molar refractivity (Wildman–Crippen MR) is 97.5 cm³/mol. The first kappa shape index (κ1) is 18.2. The molecule has 27 heavy (non-hydrogen) atoms. The molecule has 2 aromatic rings. The summed E-state index contributed by atoms with van der Waals surface area (Å²) in [6, 6.07) is 9.93. The molecule has 2 aromatic carbocycles. The second-order valence-electron chi connectivity index (χ2n) is 5.77. The van der Waals surface area contributed by atoms with E-state index < -0.39 is 5.97 Å². The maximum Gasteiger partial charge on any atom is 0.338 e. The summed E-state index contributed by atoms with van der Waals surface area (Å²) in [5.74, 6) is -0.438. The third-order valence-electron chi connectivity index (χ3n) is 3.82. The molecule has 0 saturated heterocycles. The molecule has 0 fully saturated rings. The van der Waals surface area contributed by atoms with Crippen LogP contribution in [-0.2, 0) is 20.9 Å². The highest BCUT2D eigenvalue weighted by molar-refractivity contribution is 6.02.